The molecule has 0 saturated heterocycles. The second kappa shape index (κ2) is 9.65. The van der Waals surface area contributed by atoms with Crippen molar-refractivity contribution in [1.29, 1.82) is 0 Å². The van der Waals surface area contributed by atoms with Gasteiger partial charge in [-0.25, -0.2) is 9.59 Å². The molecule has 0 aliphatic heterocycles. The molecule has 0 bridgehead atoms. The summed E-state index contributed by atoms with van der Waals surface area (Å²) < 4.78 is 15.6. The van der Waals surface area contributed by atoms with Crippen LogP contribution in [-0.2, 0) is 9.53 Å². The number of esters is 1. The molecule has 26 heavy (non-hydrogen) atoms. The highest BCUT2D eigenvalue weighted by Crippen LogP contribution is 2.28. The molecule has 0 spiro atoms. The molecular weight excluding hydrogens is 340 g/mol. The van der Waals surface area contributed by atoms with Gasteiger partial charge in [0, 0.05) is 5.54 Å². The van der Waals surface area contributed by atoms with Crippen molar-refractivity contribution < 1.29 is 28.6 Å². The molecule has 0 heterocycles. The van der Waals surface area contributed by atoms with Crippen molar-refractivity contribution in [2.75, 3.05) is 20.3 Å². The number of amides is 3. The summed E-state index contributed by atoms with van der Waals surface area (Å²) in [7, 11) is 1.46. The Bertz CT molecular complexity index is 652. The zero-order valence-electron chi connectivity index (χ0n) is 15.8. The van der Waals surface area contributed by atoms with E-state index in [-0.39, 0.29) is 5.56 Å². The maximum Gasteiger partial charge on any atom is 0.338 e. The standard InChI is InChI=1S/C18H26N2O6/c1-6-9-25-13-8-7-12(10-14(13)24-5)16(22)26-11-15(21)19-17(23)20-18(2,3)4/h7-8,10H,6,9,11H2,1-5H3,(H2,19,20,21,23). The Hall–Kier alpha value is -2.77. The fourth-order valence-electron chi connectivity index (χ4n) is 1.87. The smallest absolute Gasteiger partial charge is 0.338 e. The van der Waals surface area contributed by atoms with Gasteiger partial charge in [-0.1, -0.05) is 6.92 Å². The van der Waals surface area contributed by atoms with Crippen LogP contribution < -0.4 is 20.1 Å². The van der Waals surface area contributed by atoms with Crippen LogP contribution in [0.4, 0.5) is 4.79 Å². The Morgan fingerprint density at radius 3 is 2.38 bits per heavy atom. The summed E-state index contributed by atoms with van der Waals surface area (Å²) in [5.41, 5.74) is -0.281. The van der Waals surface area contributed by atoms with E-state index in [4.69, 9.17) is 14.2 Å². The highest BCUT2D eigenvalue weighted by Gasteiger charge is 2.17. The van der Waals surface area contributed by atoms with Crippen LogP contribution in [0, 0.1) is 0 Å². The van der Waals surface area contributed by atoms with Crippen LogP contribution >= 0.6 is 0 Å². The lowest BCUT2D eigenvalue weighted by atomic mass is 10.1. The van der Waals surface area contributed by atoms with Crippen molar-refractivity contribution in [3.63, 3.8) is 0 Å². The van der Waals surface area contributed by atoms with Gasteiger partial charge in [0.2, 0.25) is 0 Å². The second-order valence-electron chi connectivity index (χ2n) is 6.54. The van der Waals surface area contributed by atoms with Crippen LogP contribution in [-0.4, -0.2) is 43.8 Å². The molecule has 1 rings (SSSR count). The molecule has 0 fully saturated rings. The molecule has 2 N–H and O–H groups in total. The van der Waals surface area contributed by atoms with Gasteiger partial charge in [0.25, 0.3) is 5.91 Å². The van der Waals surface area contributed by atoms with Gasteiger partial charge in [-0.3, -0.25) is 10.1 Å². The number of imide groups is 1. The SMILES string of the molecule is CCCOc1ccc(C(=O)OCC(=O)NC(=O)NC(C)(C)C)cc1OC. The minimum Gasteiger partial charge on any atom is -0.493 e. The fraction of sp³-hybridized carbons (Fsp3) is 0.500. The Labute approximate surface area is 153 Å². The van der Waals surface area contributed by atoms with E-state index in [2.05, 4.69) is 10.6 Å². The zero-order chi connectivity index (χ0) is 19.7. The first-order valence-corrected chi connectivity index (χ1v) is 8.26. The molecule has 1 aromatic carbocycles. The topological polar surface area (TPSA) is 103 Å². The Morgan fingerprint density at radius 1 is 1.12 bits per heavy atom. The van der Waals surface area contributed by atoms with Crippen molar-refractivity contribution in [2.45, 2.75) is 39.7 Å². The third kappa shape index (κ3) is 7.42. The summed E-state index contributed by atoms with van der Waals surface area (Å²) in [5.74, 6) is -0.531. The van der Waals surface area contributed by atoms with E-state index in [9.17, 15) is 14.4 Å². The number of benzene rings is 1. The van der Waals surface area contributed by atoms with Gasteiger partial charge in [-0.2, -0.15) is 0 Å². The Morgan fingerprint density at radius 2 is 1.81 bits per heavy atom. The summed E-state index contributed by atoms with van der Waals surface area (Å²) in [6.07, 6.45) is 0.838. The molecule has 0 aliphatic carbocycles. The fourth-order valence-corrected chi connectivity index (χ4v) is 1.87. The minimum absolute atomic E-state index is 0.206. The zero-order valence-corrected chi connectivity index (χ0v) is 15.8. The van der Waals surface area contributed by atoms with Crippen LogP contribution in [0.1, 0.15) is 44.5 Å². The van der Waals surface area contributed by atoms with Gasteiger partial charge in [-0.15, -0.1) is 0 Å². The number of rotatable bonds is 7. The van der Waals surface area contributed by atoms with Gasteiger partial charge >= 0.3 is 12.0 Å². The number of carbonyl (C=O) groups excluding carboxylic acids is 3. The van der Waals surface area contributed by atoms with Gasteiger partial charge in [0.15, 0.2) is 18.1 Å². The predicted octanol–water partition coefficient (Wildman–Crippen LogP) is 2.27. The van der Waals surface area contributed by atoms with E-state index in [0.29, 0.717) is 18.1 Å². The summed E-state index contributed by atoms with van der Waals surface area (Å²) in [4.78, 5) is 35.3. The van der Waals surface area contributed by atoms with Crippen molar-refractivity contribution in [1.82, 2.24) is 10.6 Å². The van der Waals surface area contributed by atoms with Crippen LogP contribution in [0.15, 0.2) is 18.2 Å². The van der Waals surface area contributed by atoms with Gasteiger partial charge in [0.05, 0.1) is 19.3 Å². The van der Waals surface area contributed by atoms with Crippen molar-refractivity contribution in [3.05, 3.63) is 23.8 Å². The Balaban J connectivity index is 2.59. The summed E-state index contributed by atoms with van der Waals surface area (Å²) in [5, 5.41) is 4.65. The lowest BCUT2D eigenvalue weighted by molar-refractivity contribution is -0.123. The second-order valence-corrected chi connectivity index (χ2v) is 6.54. The van der Waals surface area contributed by atoms with Crippen molar-refractivity contribution in [3.8, 4) is 11.5 Å². The average Bonchev–Trinajstić information content (AvgIpc) is 2.55. The van der Waals surface area contributed by atoms with Crippen LogP contribution in [0.2, 0.25) is 0 Å². The molecule has 0 aromatic heterocycles. The van der Waals surface area contributed by atoms with Gasteiger partial charge in [-0.05, 0) is 45.4 Å². The summed E-state index contributed by atoms with van der Waals surface area (Å²) in [6.45, 7) is 7.25. The highest BCUT2D eigenvalue weighted by molar-refractivity contribution is 5.97. The largest absolute Gasteiger partial charge is 0.493 e. The molecule has 0 radical (unpaired) electrons. The van der Waals surface area contributed by atoms with Gasteiger partial charge in [0.1, 0.15) is 0 Å². The highest BCUT2D eigenvalue weighted by atomic mass is 16.5. The molecule has 0 saturated carbocycles. The van der Waals surface area contributed by atoms with Gasteiger partial charge < -0.3 is 19.5 Å². The van der Waals surface area contributed by atoms with Crippen molar-refractivity contribution in [2.24, 2.45) is 0 Å². The first-order chi connectivity index (χ1) is 12.2. The van der Waals surface area contributed by atoms with E-state index in [1.165, 1.54) is 19.2 Å². The lowest BCUT2D eigenvalue weighted by Gasteiger charge is -2.20. The van der Waals surface area contributed by atoms with E-state index in [0.717, 1.165) is 6.42 Å². The quantitative estimate of drug-likeness (QED) is 0.718. The van der Waals surface area contributed by atoms with Crippen molar-refractivity contribution >= 4 is 17.9 Å². The molecule has 0 atom stereocenters. The molecule has 8 heteroatoms. The number of ether oxygens (including phenoxy) is 3. The number of methoxy groups -OCH3 is 1. The number of urea groups is 1. The minimum atomic E-state index is -0.727. The van der Waals surface area contributed by atoms with Crippen LogP contribution in [0.3, 0.4) is 0 Å². The van der Waals surface area contributed by atoms with E-state index < -0.39 is 30.1 Å². The van der Waals surface area contributed by atoms with Crippen LogP contribution in [0.5, 0.6) is 11.5 Å². The molecule has 144 valence electrons. The molecule has 0 unspecified atom stereocenters. The molecule has 8 nitrogen and oxygen atoms in total. The molecule has 3 amide bonds. The third-order valence-electron chi connectivity index (χ3n) is 2.94. The maximum atomic E-state index is 12.1. The summed E-state index contributed by atoms with van der Waals surface area (Å²) in [6, 6.07) is 3.93. The molecule has 1 aromatic rings. The Kier molecular flexibility index (Phi) is 7.89. The maximum absolute atomic E-state index is 12.1. The normalized spacial score (nSPS) is 10.7. The number of hydrogen-bond donors (Lipinski definition) is 2. The lowest BCUT2D eigenvalue weighted by Crippen LogP contribution is -2.49. The van der Waals surface area contributed by atoms with E-state index >= 15 is 0 Å². The molecule has 0 aliphatic rings. The third-order valence-corrected chi connectivity index (χ3v) is 2.94. The number of hydrogen-bond acceptors (Lipinski definition) is 6. The summed E-state index contributed by atoms with van der Waals surface area (Å²) >= 11 is 0. The monoisotopic (exact) mass is 366 g/mol. The number of carbonyl (C=O) groups is 3. The van der Waals surface area contributed by atoms with E-state index in [1.807, 2.05) is 6.92 Å². The first-order valence-electron chi connectivity index (χ1n) is 8.26. The first kappa shape index (κ1) is 21.3. The number of nitrogens with one attached hydrogen (secondary N) is 2. The molecular formula is C18H26N2O6. The average molecular weight is 366 g/mol. The predicted molar refractivity (Wildman–Crippen MR) is 95.5 cm³/mol. The van der Waals surface area contributed by atoms with E-state index in [1.54, 1.807) is 26.8 Å². The van der Waals surface area contributed by atoms with Crippen LogP contribution in [0.25, 0.3) is 0 Å².